The van der Waals surface area contributed by atoms with Crippen LogP contribution in [-0.4, -0.2) is 11.4 Å². The lowest BCUT2D eigenvalue weighted by molar-refractivity contribution is 0.752. The molecular weight excluding hydrogens is 500 g/mol. The molecular formula is C37H26N4. The van der Waals surface area contributed by atoms with Gasteiger partial charge in [0, 0.05) is 5.69 Å². The average Bonchev–Trinajstić information content (AvgIpc) is 3.33. The molecule has 0 saturated carbocycles. The number of hydrazone groups is 1. The third kappa shape index (κ3) is 3.34. The first-order valence-corrected chi connectivity index (χ1v) is 13.8. The van der Waals surface area contributed by atoms with Gasteiger partial charge in [0.15, 0.2) is 0 Å². The summed E-state index contributed by atoms with van der Waals surface area (Å²) in [4.78, 5) is 2.37. The summed E-state index contributed by atoms with van der Waals surface area (Å²) in [5.41, 5.74) is 15.8. The number of anilines is 4. The molecule has 0 bridgehead atoms. The molecule has 1 aliphatic heterocycles. The van der Waals surface area contributed by atoms with Crippen LogP contribution < -0.4 is 10.3 Å². The summed E-state index contributed by atoms with van der Waals surface area (Å²) in [5, 5.41) is 12.5. The zero-order chi connectivity index (χ0) is 27.4. The van der Waals surface area contributed by atoms with E-state index in [1.54, 1.807) is 6.08 Å². The van der Waals surface area contributed by atoms with Gasteiger partial charge in [0.2, 0.25) is 0 Å². The summed E-state index contributed by atoms with van der Waals surface area (Å²) in [6, 6.07) is 43.8. The third-order valence-electron chi connectivity index (χ3n) is 8.39. The molecule has 5 aromatic carbocycles. The van der Waals surface area contributed by atoms with E-state index in [2.05, 4.69) is 125 Å². The van der Waals surface area contributed by atoms with Crippen molar-refractivity contribution >= 4 is 34.2 Å². The molecule has 3 aliphatic rings. The quantitative estimate of drug-likeness (QED) is 0.179. The number of benzene rings is 5. The SMILES string of the molecule is N=C1C=CC=C/C1=N/Nc1ccc(N2c3ccccc3C3(c4ccccc4-c4ccccc43)c3ccccc32)cc1. The predicted octanol–water partition coefficient (Wildman–Crippen LogP) is 8.75. The lowest BCUT2D eigenvalue weighted by Crippen LogP contribution is -2.36. The minimum Gasteiger partial charge on any atom is -0.310 e. The van der Waals surface area contributed by atoms with Crippen LogP contribution in [0.2, 0.25) is 0 Å². The summed E-state index contributed by atoms with van der Waals surface area (Å²) in [7, 11) is 0. The molecule has 0 unspecified atom stereocenters. The molecule has 4 heteroatoms. The Bertz CT molecular complexity index is 1850. The van der Waals surface area contributed by atoms with Gasteiger partial charge in [-0.1, -0.05) is 97.1 Å². The molecule has 0 atom stereocenters. The molecule has 2 aliphatic carbocycles. The predicted molar refractivity (Wildman–Crippen MR) is 169 cm³/mol. The van der Waals surface area contributed by atoms with E-state index in [0.717, 1.165) is 11.4 Å². The van der Waals surface area contributed by atoms with Crippen molar-refractivity contribution in [2.45, 2.75) is 5.41 Å². The molecule has 0 amide bonds. The highest BCUT2D eigenvalue weighted by atomic mass is 15.3. The van der Waals surface area contributed by atoms with Crippen molar-refractivity contribution in [2.24, 2.45) is 5.10 Å². The monoisotopic (exact) mass is 526 g/mol. The summed E-state index contributed by atoms with van der Waals surface area (Å²) < 4.78 is 0. The zero-order valence-electron chi connectivity index (χ0n) is 22.3. The molecule has 0 radical (unpaired) electrons. The van der Waals surface area contributed by atoms with Crippen molar-refractivity contribution in [2.75, 3.05) is 10.3 Å². The van der Waals surface area contributed by atoms with Crippen molar-refractivity contribution in [1.29, 1.82) is 5.41 Å². The minimum absolute atomic E-state index is 0.391. The molecule has 0 aromatic heterocycles. The van der Waals surface area contributed by atoms with Gasteiger partial charge in [-0.25, -0.2) is 0 Å². The van der Waals surface area contributed by atoms with E-state index >= 15 is 0 Å². The van der Waals surface area contributed by atoms with E-state index in [1.165, 1.54) is 44.8 Å². The van der Waals surface area contributed by atoms with E-state index in [9.17, 15) is 0 Å². The highest BCUT2D eigenvalue weighted by molar-refractivity contribution is 6.50. The first kappa shape index (κ1) is 23.4. The molecule has 0 fully saturated rings. The molecule has 5 aromatic rings. The van der Waals surface area contributed by atoms with Gasteiger partial charge in [0.25, 0.3) is 0 Å². The summed E-state index contributed by atoms with van der Waals surface area (Å²) >= 11 is 0. The number of hydrogen-bond donors (Lipinski definition) is 2. The number of para-hydroxylation sites is 2. The van der Waals surface area contributed by atoms with Crippen molar-refractivity contribution in [3.05, 3.63) is 168 Å². The van der Waals surface area contributed by atoms with Gasteiger partial charge >= 0.3 is 0 Å². The third-order valence-corrected chi connectivity index (χ3v) is 8.39. The Balaban J connectivity index is 1.29. The van der Waals surface area contributed by atoms with E-state index in [0.29, 0.717) is 11.4 Å². The Labute approximate surface area is 239 Å². The van der Waals surface area contributed by atoms with E-state index in [1.807, 2.05) is 30.4 Å². The second-order valence-electron chi connectivity index (χ2n) is 10.5. The summed E-state index contributed by atoms with van der Waals surface area (Å²) in [6.45, 7) is 0. The molecule has 8 rings (SSSR count). The number of nitrogens with zero attached hydrogens (tertiary/aromatic N) is 2. The molecule has 0 saturated heterocycles. The Kier molecular flexibility index (Phi) is 5.16. The lowest BCUT2D eigenvalue weighted by Gasteiger charge is -2.45. The van der Waals surface area contributed by atoms with Gasteiger partial charge in [-0.2, -0.15) is 5.10 Å². The van der Waals surface area contributed by atoms with Crippen LogP contribution in [0.1, 0.15) is 22.3 Å². The standard InChI is InChI=1S/C37H26N4/c38-33-17-7-8-18-34(33)40-39-25-21-23-26(24-22-25)41-35-19-9-5-15-31(35)37(32-16-6-10-20-36(32)41)29-13-3-1-11-27(29)28-12-2-4-14-30(28)37/h1-24,38-39H/b38-33?,40-34-. The number of allylic oxidation sites excluding steroid dienone is 4. The van der Waals surface area contributed by atoms with Crippen LogP contribution in [0.4, 0.5) is 22.7 Å². The number of fused-ring (bicyclic) bond motifs is 9. The Morgan fingerprint density at radius 3 is 1.66 bits per heavy atom. The van der Waals surface area contributed by atoms with Gasteiger partial charge in [-0.3, -0.25) is 10.8 Å². The van der Waals surface area contributed by atoms with Crippen LogP contribution in [0.25, 0.3) is 11.1 Å². The first-order chi connectivity index (χ1) is 20.3. The fraction of sp³-hybridized carbons (Fsp3) is 0.0270. The van der Waals surface area contributed by atoms with Gasteiger partial charge in [0.05, 0.1) is 28.2 Å². The molecule has 1 spiro atoms. The number of nitrogens with one attached hydrogen (secondary N) is 2. The molecule has 4 nitrogen and oxygen atoms in total. The molecule has 194 valence electrons. The summed E-state index contributed by atoms with van der Waals surface area (Å²) in [6.07, 6.45) is 7.31. The first-order valence-electron chi connectivity index (χ1n) is 13.8. The van der Waals surface area contributed by atoms with Crippen LogP contribution in [0.3, 0.4) is 0 Å². The maximum absolute atomic E-state index is 8.06. The van der Waals surface area contributed by atoms with Crippen molar-refractivity contribution in [1.82, 2.24) is 0 Å². The maximum Gasteiger partial charge on any atom is 0.108 e. The Morgan fingerprint density at radius 1 is 0.561 bits per heavy atom. The Morgan fingerprint density at radius 2 is 1.07 bits per heavy atom. The van der Waals surface area contributed by atoms with Crippen LogP contribution in [-0.2, 0) is 5.41 Å². The summed E-state index contributed by atoms with van der Waals surface area (Å²) in [5.74, 6) is 0. The van der Waals surface area contributed by atoms with E-state index < -0.39 is 5.41 Å². The smallest absolute Gasteiger partial charge is 0.108 e. The van der Waals surface area contributed by atoms with E-state index in [4.69, 9.17) is 5.41 Å². The molecule has 41 heavy (non-hydrogen) atoms. The number of hydrogen-bond acceptors (Lipinski definition) is 4. The topological polar surface area (TPSA) is 51.5 Å². The van der Waals surface area contributed by atoms with Gasteiger partial charge < -0.3 is 4.90 Å². The largest absolute Gasteiger partial charge is 0.310 e. The fourth-order valence-electron chi connectivity index (χ4n) is 6.72. The normalized spacial score (nSPS) is 16.3. The lowest BCUT2D eigenvalue weighted by atomic mass is 9.64. The zero-order valence-corrected chi connectivity index (χ0v) is 22.3. The molecule has 2 N–H and O–H groups in total. The molecule has 1 heterocycles. The van der Waals surface area contributed by atoms with Crippen LogP contribution in [0.5, 0.6) is 0 Å². The highest BCUT2D eigenvalue weighted by Gasteiger charge is 2.51. The second-order valence-corrected chi connectivity index (χ2v) is 10.5. The minimum atomic E-state index is -0.402. The van der Waals surface area contributed by atoms with E-state index in [-0.39, 0.29) is 0 Å². The van der Waals surface area contributed by atoms with Gasteiger partial charge in [-0.05, 0) is 81.9 Å². The highest BCUT2D eigenvalue weighted by Crippen LogP contribution is 2.63. The van der Waals surface area contributed by atoms with Crippen molar-refractivity contribution in [3.8, 4) is 11.1 Å². The van der Waals surface area contributed by atoms with Crippen LogP contribution in [0.15, 0.2) is 151 Å². The van der Waals surface area contributed by atoms with Crippen LogP contribution >= 0.6 is 0 Å². The van der Waals surface area contributed by atoms with Crippen LogP contribution in [0, 0.1) is 5.41 Å². The number of rotatable bonds is 3. The average molecular weight is 527 g/mol. The Hall–Kier alpha value is -5.48. The van der Waals surface area contributed by atoms with Gasteiger partial charge in [-0.15, -0.1) is 0 Å². The second kappa shape index (κ2) is 9.04. The van der Waals surface area contributed by atoms with Crippen molar-refractivity contribution in [3.63, 3.8) is 0 Å². The van der Waals surface area contributed by atoms with Crippen molar-refractivity contribution < 1.29 is 0 Å². The van der Waals surface area contributed by atoms with Gasteiger partial charge in [0.1, 0.15) is 5.71 Å². The maximum atomic E-state index is 8.06. The fourth-order valence-corrected chi connectivity index (χ4v) is 6.72.